The van der Waals surface area contributed by atoms with E-state index in [1.165, 1.54) is 32.9 Å². The molecule has 0 amide bonds. The maximum atomic E-state index is 6.83. The van der Waals surface area contributed by atoms with Crippen LogP contribution in [-0.2, 0) is 26.5 Å². The summed E-state index contributed by atoms with van der Waals surface area (Å²) in [6.45, 7) is 22.4. The van der Waals surface area contributed by atoms with E-state index in [1.807, 2.05) is 12.3 Å². The molecule has 10 aromatic rings. The maximum Gasteiger partial charge on any atom is 2.00 e. The van der Waals surface area contributed by atoms with Crippen LogP contribution in [0.2, 0.25) is 0 Å². The van der Waals surface area contributed by atoms with Crippen LogP contribution in [0.1, 0.15) is 108 Å². The van der Waals surface area contributed by atoms with Crippen LogP contribution in [0.4, 0.5) is 0 Å². The number of fused-ring (bicyclic) bond motifs is 6. The maximum absolute atomic E-state index is 6.83. The standard InChI is InChI=1S/C58H55N5O.Pt/c1-35(2)40-30-42(63-57(58(8,9)10)54(38(7)60-63)39-18-12-11-13-19-39)32-44(31-40)64-43-26-27-48-47-20-14-15-25-51(47)62(52(48)34-43)53-33-41(28-29-59-53)61-55-45(36(3)4)21-16-23-49(55)50-24-17-22-46(37(5)6)56(50)61;/h11-31,33,35-37H,1-10H3;/q-2;+2. The summed E-state index contributed by atoms with van der Waals surface area (Å²) in [4.78, 5) is 5.09. The van der Waals surface area contributed by atoms with Gasteiger partial charge < -0.3 is 13.9 Å². The van der Waals surface area contributed by atoms with Crippen LogP contribution in [0.3, 0.4) is 0 Å². The van der Waals surface area contributed by atoms with Crippen molar-refractivity contribution in [2.24, 2.45) is 0 Å². The van der Waals surface area contributed by atoms with Crippen LogP contribution in [0.25, 0.3) is 71.9 Å². The van der Waals surface area contributed by atoms with Crippen LogP contribution < -0.4 is 4.74 Å². The van der Waals surface area contributed by atoms with Gasteiger partial charge in [-0.15, -0.1) is 41.3 Å². The number of ether oxygens (including phenoxy) is 1. The van der Waals surface area contributed by atoms with Gasteiger partial charge in [0, 0.05) is 51.0 Å². The van der Waals surface area contributed by atoms with E-state index in [9.17, 15) is 0 Å². The minimum absolute atomic E-state index is 0. The van der Waals surface area contributed by atoms with Crippen molar-refractivity contribution in [3.8, 4) is 39.8 Å². The van der Waals surface area contributed by atoms with Crippen molar-refractivity contribution in [2.45, 2.75) is 92.4 Å². The van der Waals surface area contributed by atoms with E-state index >= 15 is 0 Å². The largest absolute Gasteiger partial charge is 2.00 e. The molecule has 0 atom stereocenters. The molecule has 0 unspecified atom stereocenters. The van der Waals surface area contributed by atoms with Crippen molar-refractivity contribution in [3.05, 3.63) is 174 Å². The third kappa shape index (κ3) is 7.60. The Hall–Kier alpha value is -6.23. The average Bonchev–Trinajstić information content (AvgIpc) is 3.93. The number of rotatable bonds is 9. The van der Waals surface area contributed by atoms with Gasteiger partial charge in [-0.1, -0.05) is 153 Å². The van der Waals surface area contributed by atoms with Gasteiger partial charge in [-0.3, -0.25) is 4.68 Å². The van der Waals surface area contributed by atoms with Crippen molar-refractivity contribution in [2.75, 3.05) is 0 Å². The molecule has 0 spiro atoms. The molecule has 10 rings (SSSR count). The number of para-hydroxylation sites is 3. The normalized spacial score (nSPS) is 12.1. The zero-order valence-electron chi connectivity index (χ0n) is 38.9. The fourth-order valence-electron chi connectivity index (χ4n) is 9.71. The second-order valence-corrected chi connectivity index (χ2v) is 19.2. The van der Waals surface area contributed by atoms with Crippen LogP contribution in [0.15, 0.2) is 134 Å². The minimum Gasteiger partial charge on any atom is -0.509 e. The summed E-state index contributed by atoms with van der Waals surface area (Å²) in [6, 6.07) is 52.8. The Bertz CT molecular complexity index is 3330. The van der Waals surface area contributed by atoms with E-state index in [-0.39, 0.29) is 32.4 Å². The fraction of sp³-hybridized carbons (Fsp3) is 0.241. The predicted molar refractivity (Wildman–Crippen MR) is 265 cm³/mol. The topological polar surface area (TPSA) is 49.8 Å². The summed E-state index contributed by atoms with van der Waals surface area (Å²) in [5, 5.41) is 9.92. The number of pyridine rings is 1. The second kappa shape index (κ2) is 17.0. The number of nitrogens with zero attached hydrogens (tertiary/aromatic N) is 5. The van der Waals surface area contributed by atoms with E-state index in [0.29, 0.717) is 23.3 Å². The summed E-state index contributed by atoms with van der Waals surface area (Å²) in [7, 11) is 0. The first-order valence-corrected chi connectivity index (χ1v) is 22.7. The third-order valence-electron chi connectivity index (χ3n) is 12.7. The molecule has 0 saturated carbocycles. The molecule has 0 N–H and O–H groups in total. The number of aryl methyl sites for hydroxylation is 1. The summed E-state index contributed by atoms with van der Waals surface area (Å²) >= 11 is 0. The van der Waals surface area contributed by atoms with Gasteiger partial charge in [-0.05, 0) is 64.6 Å². The number of hydrogen-bond acceptors (Lipinski definition) is 3. The van der Waals surface area contributed by atoms with Gasteiger partial charge in [0.15, 0.2) is 0 Å². The van der Waals surface area contributed by atoms with Crippen molar-refractivity contribution < 1.29 is 25.8 Å². The zero-order chi connectivity index (χ0) is 44.6. The molecule has 0 radical (unpaired) electrons. The van der Waals surface area contributed by atoms with Gasteiger partial charge in [-0.2, -0.15) is 11.2 Å². The molecular weight excluding hydrogens is 978 g/mol. The minimum atomic E-state index is -0.207. The summed E-state index contributed by atoms with van der Waals surface area (Å²) in [5.74, 6) is 2.94. The Balaban J connectivity index is 0.00000533. The van der Waals surface area contributed by atoms with Gasteiger partial charge in [0.2, 0.25) is 0 Å². The number of hydrogen-bond donors (Lipinski definition) is 0. The molecule has 0 aliphatic carbocycles. The van der Waals surface area contributed by atoms with Gasteiger partial charge in [0.05, 0.1) is 28.1 Å². The van der Waals surface area contributed by atoms with Gasteiger partial charge in [0.1, 0.15) is 5.82 Å². The molecule has 0 bridgehead atoms. The molecule has 7 heteroatoms. The average molecular weight is 1030 g/mol. The van der Waals surface area contributed by atoms with E-state index in [0.717, 1.165) is 67.1 Å². The van der Waals surface area contributed by atoms with Crippen LogP contribution in [0, 0.1) is 19.1 Å². The zero-order valence-corrected chi connectivity index (χ0v) is 41.2. The summed E-state index contributed by atoms with van der Waals surface area (Å²) in [6.07, 6.45) is 1.94. The molecular formula is C58H55N5OPt. The summed E-state index contributed by atoms with van der Waals surface area (Å²) < 4.78 is 13.6. The van der Waals surface area contributed by atoms with Crippen LogP contribution >= 0.6 is 0 Å². The van der Waals surface area contributed by atoms with Crippen LogP contribution in [-0.4, -0.2) is 23.9 Å². The molecule has 4 heterocycles. The van der Waals surface area contributed by atoms with Crippen molar-refractivity contribution >= 4 is 43.6 Å². The molecule has 6 aromatic carbocycles. The third-order valence-corrected chi connectivity index (χ3v) is 12.7. The van der Waals surface area contributed by atoms with Crippen molar-refractivity contribution in [1.29, 1.82) is 0 Å². The molecule has 0 aliphatic heterocycles. The Morgan fingerprint density at radius 3 is 1.89 bits per heavy atom. The van der Waals surface area contributed by atoms with E-state index in [2.05, 4.69) is 217 Å². The first-order valence-electron chi connectivity index (χ1n) is 22.7. The number of benzene rings is 6. The predicted octanol–water partition coefficient (Wildman–Crippen LogP) is 15.5. The van der Waals surface area contributed by atoms with Crippen LogP contribution in [0.5, 0.6) is 11.5 Å². The van der Waals surface area contributed by atoms with E-state index in [4.69, 9.17) is 14.8 Å². The van der Waals surface area contributed by atoms with Gasteiger partial charge in [0.25, 0.3) is 0 Å². The fourth-order valence-corrected chi connectivity index (χ4v) is 9.71. The van der Waals surface area contributed by atoms with E-state index < -0.39 is 0 Å². The van der Waals surface area contributed by atoms with Gasteiger partial charge >= 0.3 is 21.1 Å². The number of aromatic nitrogens is 5. The Labute approximate surface area is 397 Å². The first-order chi connectivity index (χ1) is 30.8. The quantitative estimate of drug-likeness (QED) is 0.135. The Morgan fingerprint density at radius 1 is 0.600 bits per heavy atom. The smallest absolute Gasteiger partial charge is 0.509 e. The molecule has 328 valence electrons. The summed E-state index contributed by atoms with van der Waals surface area (Å²) in [5.41, 5.74) is 14.3. The molecule has 0 fully saturated rings. The monoisotopic (exact) mass is 1030 g/mol. The second-order valence-electron chi connectivity index (χ2n) is 19.2. The van der Waals surface area contributed by atoms with E-state index in [1.54, 1.807) is 0 Å². The Morgan fingerprint density at radius 2 is 1.25 bits per heavy atom. The molecule has 0 saturated heterocycles. The molecule has 0 aliphatic rings. The molecule has 4 aromatic heterocycles. The van der Waals surface area contributed by atoms with Crippen molar-refractivity contribution in [3.63, 3.8) is 0 Å². The first kappa shape index (κ1) is 44.0. The van der Waals surface area contributed by atoms with Crippen molar-refractivity contribution in [1.82, 2.24) is 23.9 Å². The van der Waals surface area contributed by atoms with Gasteiger partial charge in [-0.25, -0.2) is 4.98 Å². The Kier molecular flexibility index (Phi) is 11.5. The SMILES string of the molecule is Cc1nn(-c2[c-]c(Oc3[c-]c4c(cc3)c3ccccc3n4-c3cc(-n4c5c(C(C)C)cccc5c5cccc(C(C)C)c54)ccn3)cc(C(C)C)c2)c(C(C)(C)C)c1-c1ccccc1.[Pt+2]. The molecule has 65 heavy (non-hydrogen) atoms. The molecule has 6 nitrogen and oxygen atoms in total.